The van der Waals surface area contributed by atoms with Gasteiger partial charge in [0, 0.05) is 4.47 Å². The van der Waals surface area contributed by atoms with Crippen LogP contribution in [0, 0.1) is 0 Å². The summed E-state index contributed by atoms with van der Waals surface area (Å²) in [5.41, 5.74) is 2.01. The number of rotatable bonds is 3. The largest absolute Gasteiger partial charge is 0.327 e. The molecule has 0 saturated heterocycles. The Bertz CT molecular complexity index is 310. The summed E-state index contributed by atoms with van der Waals surface area (Å²) in [6.07, 6.45) is 0.700. The highest BCUT2D eigenvalue weighted by molar-refractivity contribution is 9.10. The maximum Gasteiger partial charge on any atom is 0.211 e. The zero-order valence-corrected chi connectivity index (χ0v) is 9.26. The second kappa shape index (κ2) is 4.42. The lowest BCUT2D eigenvalue weighted by Gasteiger charge is -2.12. The molecule has 0 aromatic heterocycles. The summed E-state index contributed by atoms with van der Waals surface area (Å²) in [4.78, 5) is 10.4. The fourth-order valence-electron chi connectivity index (χ4n) is 1.23. The molecule has 0 aliphatic heterocycles. The van der Waals surface area contributed by atoms with Crippen molar-refractivity contribution in [3.63, 3.8) is 0 Å². The molecule has 2 nitrogen and oxygen atoms in total. The molecule has 0 bridgehead atoms. The zero-order valence-electron chi connectivity index (χ0n) is 7.67. The van der Waals surface area contributed by atoms with Crippen LogP contribution < -0.4 is 5.32 Å². The van der Waals surface area contributed by atoms with Gasteiger partial charge in [0.15, 0.2) is 0 Å². The standard InChI is InChI=1S/C10H12BrNO/c1-7(2)8-4-3-5-9(11)10(8)12-6-13/h3-7H,1-2H3,(H,12,13). The van der Waals surface area contributed by atoms with E-state index < -0.39 is 0 Å². The monoisotopic (exact) mass is 241 g/mol. The van der Waals surface area contributed by atoms with Crippen molar-refractivity contribution >= 4 is 28.0 Å². The third kappa shape index (κ3) is 2.31. The predicted molar refractivity (Wildman–Crippen MR) is 57.9 cm³/mol. The van der Waals surface area contributed by atoms with Gasteiger partial charge in [-0.25, -0.2) is 0 Å². The Hall–Kier alpha value is -0.830. The summed E-state index contributed by atoms with van der Waals surface area (Å²) >= 11 is 3.40. The Morgan fingerprint density at radius 2 is 2.15 bits per heavy atom. The minimum Gasteiger partial charge on any atom is -0.327 e. The molecule has 0 unspecified atom stereocenters. The van der Waals surface area contributed by atoms with Crippen molar-refractivity contribution in [1.29, 1.82) is 0 Å². The molecule has 0 heterocycles. The van der Waals surface area contributed by atoms with Crippen molar-refractivity contribution in [3.05, 3.63) is 28.2 Å². The molecule has 0 aliphatic rings. The molecule has 1 rings (SSSR count). The number of halogens is 1. The molecule has 0 spiro atoms. The Morgan fingerprint density at radius 1 is 1.46 bits per heavy atom. The van der Waals surface area contributed by atoms with E-state index in [0.717, 1.165) is 15.7 Å². The third-order valence-corrected chi connectivity index (χ3v) is 2.53. The number of para-hydroxylation sites is 1. The van der Waals surface area contributed by atoms with Crippen molar-refractivity contribution < 1.29 is 4.79 Å². The maximum absolute atomic E-state index is 10.4. The molecule has 1 aromatic rings. The highest BCUT2D eigenvalue weighted by Crippen LogP contribution is 2.30. The summed E-state index contributed by atoms with van der Waals surface area (Å²) < 4.78 is 0.922. The summed E-state index contributed by atoms with van der Waals surface area (Å²) in [5, 5.41) is 2.70. The van der Waals surface area contributed by atoms with E-state index in [0.29, 0.717) is 12.3 Å². The maximum atomic E-state index is 10.4. The van der Waals surface area contributed by atoms with Crippen molar-refractivity contribution in [1.82, 2.24) is 0 Å². The van der Waals surface area contributed by atoms with Crippen molar-refractivity contribution in [2.45, 2.75) is 19.8 Å². The molecule has 1 N–H and O–H groups in total. The van der Waals surface area contributed by atoms with Gasteiger partial charge in [-0.3, -0.25) is 4.79 Å². The summed E-state index contributed by atoms with van der Waals surface area (Å²) in [5.74, 6) is 0.403. The van der Waals surface area contributed by atoms with Crippen LogP contribution in [0.15, 0.2) is 22.7 Å². The smallest absolute Gasteiger partial charge is 0.211 e. The predicted octanol–water partition coefficient (Wildman–Crippen LogP) is 3.14. The zero-order chi connectivity index (χ0) is 9.84. The number of anilines is 1. The van der Waals surface area contributed by atoms with Gasteiger partial charge in [0.1, 0.15) is 0 Å². The van der Waals surface area contributed by atoms with Crippen LogP contribution in [0.1, 0.15) is 25.3 Å². The molecule has 0 radical (unpaired) electrons. The molecule has 0 aliphatic carbocycles. The van der Waals surface area contributed by atoms with Crippen molar-refractivity contribution in [2.24, 2.45) is 0 Å². The van der Waals surface area contributed by atoms with Gasteiger partial charge in [0.05, 0.1) is 5.69 Å². The second-order valence-electron chi connectivity index (χ2n) is 3.12. The lowest BCUT2D eigenvalue weighted by atomic mass is 10.0. The molecule has 13 heavy (non-hydrogen) atoms. The van der Waals surface area contributed by atoms with Crippen LogP contribution >= 0.6 is 15.9 Å². The van der Waals surface area contributed by atoms with Gasteiger partial charge in [-0.1, -0.05) is 26.0 Å². The van der Waals surface area contributed by atoms with Crippen molar-refractivity contribution in [3.8, 4) is 0 Å². The number of hydrogen-bond acceptors (Lipinski definition) is 1. The second-order valence-corrected chi connectivity index (χ2v) is 3.98. The minimum absolute atomic E-state index is 0.403. The Labute approximate surface area is 86.5 Å². The Morgan fingerprint density at radius 3 is 2.69 bits per heavy atom. The van der Waals surface area contributed by atoms with Crippen LogP contribution in [0.2, 0.25) is 0 Å². The van der Waals surface area contributed by atoms with Gasteiger partial charge >= 0.3 is 0 Å². The highest BCUT2D eigenvalue weighted by atomic mass is 79.9. The highest BCUT2D eigenvalue weighted by Gasteiger charge is 2.08. The molecule has 0 atom stereocenters. The van der Waals surface area contributed by atoms with Crippen LogP contribution in [-0.4, -0.2) is 6.41 Å². The van der Waals surface area contributed by atoms with E-state index in [1.165, 1.54) is 0 Å². The number of hydrogen-bond donors (Lipinski definition) is 1. The van der Waals surface area contributed by atoms with Gasteiger partial charge in [-0.15, -0.1) is 0 Å². The lowest BCUT2D eigenvalue weighted by molar-refractivity contribution is -0.105. The first-order valence-electron chi connectivity index (χ1n) is 4.15. The number of amides is 1. The first-order valence-corrected chi connectivity index (χ1v) is 4.94. The van der Waals surface area contributed by atoms with Crippen LogP contribution in [-0.2, 0) is 4.79 Å². The van der Waals surface area contributed by atoms with E-state index in [2.05, 4.69) is 35.1 Å². The van der Waals surface area contributed by atoms with Crippen molar-refractivity contribution in [2.75, 3.05) is 5.32 Å². The van der Waals surface area contributed by atoms with Gasteiger partial charge < -0.3 is 5.32 Å². The van der Waals surface area contributed by atoms with E-state index >= 15 is 0 Å². The van der Waals surface area contributed by atoms with Crippen LogP contribution in [0.4, 0.5) is 5.69 Å². The molecule has 70 valence electrons. The SMILES string of the molecule is CC(C)c1cccc(Br)c1NC=O. The van der Waals surface area contributed by atoms with E-state index in [9.17, 15) is 4.79 Å². The van der Waals surface area contributed by atoms with E-state index in [4.69, 9.17) is 0 Å². The topological polar surface area (TPSA) is 29.1 Å². The van der Waals surface area contributed by atoms with E-state index in [1.54, 1.807) is 0 Å². The fraction of sp³-hybridized carbons (Fsp3) is 0.300. The molecule has 1 aromatic carbocycles. The lowest BCUT2D eigenvalue weighted by Crippen LogP contribution is -2.01. The number of benzene rings is 1. The summed E-state index contributed by atoms with van der Waals surface area (Å²) in [7, 11) is 0. The number of nitrogens with one attached hydrogen (secondary N) is 1. The van der Waals surface area contributed by atoms with Gasteiger partial charge in [-0.2, -0.15) is 0 Å². The van der Waals surface area contributed by atoms with Gasteiger partial charge in [0.2, 0.25) is 6.41 Å². The average molecular weight is 242 g/mol. The van der Waals surface area contributed by atoms with Crippen LogP contribution in [0.3, 0.4) is 0 Å². The van der Waals surface area contributed by atoms with Crippen LogP contribution in [0.5, 0.6) is 0 Å². The minimum atomic E-state index is 0.403. The third-order valence-electron chi connectivity index (χ3n) is 1.87. The first kappa shape index (κ1) is 10.3. The Kier molecular flexibility index (Phi) is 3.48. The number of carbonyl (C=O) groups is 1. The number of carbonyl (C=O) groups excluding carboxylic acids is 1. The molecule has 3 heteroatoms. The molecule has 0 fully saturated rings. The first-order chi connectivity index (χ1) is 6.16. The summed E-state index contributed by atoms with van der Waals surface area (Å²) in [6, 6.07) is 5.90. The molecular weight excluding hydrogens is 230 g/mol. The molecule has 1 amide bonds. The molecule has 0 saturated carbocycles. The average Bonchev–Trinajstić information content (AvgIpc) is 2.08. The van der Waals surface area contributed by atoms with Gasteiger partial charge in [0.25, 0.3) is 0 Å². The normalized spacial score (nSPS) is 10.2. The van der Waals surface area contributed by atoms with Crippen LogP contribution in [0.25, 0.3) is 0 Å². The fourth-order valence-corrected chi connectivity index (χ4v) is 1.73. The van der Waals surface area contributed by atoms with Gasteiger partial charge in [-0.05, 0) is 33.5 Å². The van der Waals surface area contributed by atoms with E-state index in [1.807, 2.05) is 18.2 Å². The molecular formula is C10H12BrNO. The summed E-state index contributed by atoms with van der Waals surface area (Å²) in [6.45, 7) is 4.19. The Balaban J connectivity index is 3.16. The quantitative estimate of drug-likeness (QED) is 0.810. The van der Waals surface area contributed by atoms with E-state index in [-0.39, 0.29) is 0 Å².